The van der Waals surface area contributed by atoms with Gasteiger partial charge in [-0.15, -0.1) is 0 Å². The molecular weight excluding hydrogens is 218 g/mol. The molecule has 1 aromatic carbocycles. The summed E-state index contributed by atoms with van der Waals surface area (Å²) in [6, 6.07) is 5.70. The number of methoxy groups -OCH3 is 1. The third-order valence-corrected chi connectivity index (χ3v) is 3.13. The van der Waals surface area contributed by atoms with Crippen molar-refractivity contribution >= 4 is 5.97 Å². The van der Waals surface area contributed by atoms with E-state index in [1.165, 1.54) is 12.7 Å². The fraction of sp³-hybridized carbons (Fsp3) is 0.462. The zero-order valence-electron chi connectivity index (χ0n) is 9.98. The summed E-state index contributed by atoms with van der Waals surface area (Å²) >= 11 is 0. The van der Waals surface area contributed by atoms with Crippen LogP contribution in [0.4, 0.5) is 0 Å². The first-order valence-electron chi connectivity index (χ1n) is 5.78. The first kappa shape index (κ1) is 12.1. The first-order chi connectivity index (χ1) is 8.24. The fourth-order valence-electron chi connectivity index (χ4n) is 2.19. The number of nitrogens with zero attached hydrogens (tertiary/aromatic N) is 1. The van der Waals surface area contributed by atoms with E-state index >= 15 is 0 Å². The predicted molar refractivity (Wildman–Crippen MR) is 63.8 cm³/mol. The maximum absolute atomic E-state index is 11.4. The van der Waals surface area contributed by atoms with Gasteiger partial charge in [0.15, 0.2) is 0 Å². The van der Waals surface area contributed by atoms with E-state index in [1.807, 2.05) is 18.2 Å². The summed E-state index contributed by atoms with van der Waals surface area (Å²) in [5, 5.41) is 8.93. The van der Waals surface area contributed by atoms with Crippen LogP contribution in [0.2, 0.25) is 0 Å². The van der Waals surface area contributed by atoms with E-state index in [0.29, 0.717) is 12.1 Å². The molecule has 2 rings (SSSR count). The number of ether oxygens (including phenoxy) is 1. The van der Waals surface area contributed by atoms with Gasteiger partial charge in [-0.05, 0) is 29.7 Å². The normalized spacial score (nSPS) is 15.4. The zero-order valence-corrected chi connectivity index (χ0v) is 9.98. The lowest BCUT2D eigenvalue weighted by molar-refractivity contribution is 0.0600. The molecule has 1 N–H and O–H groups in total. The molecule has 92 valence electrons. The van der Waals surface area contributed by atoms with E-state index in [2.05, 4.69) is 4.90 Å². The number of hydrogen-bond acceptors (Lipinski definition) is 4. The van der Waals surface area contributed by atoms with E-state index in [1.54, 1.807) is 0 Å². The van der Waals surface area contributed by atoms with Gasteiger partial charge >= 0.3 is 5.97 Å². The van der Waals surface area contributed by atoms with Gasteiger partial charge < -0.3 is 9.84 Å². The number of aliphatic hydroxyl groups is 1. The SMILES string of the molecule is COC(=O)c1ccc2c(c1)CN(CCO)CC2. The van der Waals surface area contributed by atoms with Gasteiger partial charge in [0.05, 0.1) is 19.3 Å². The van der Waals surface area contributed by atoms with Crippen molar-refractivity contribution < 1.29 is 14.6 Å². The van der Waals surface area contributed by atoms with Gasteiger partial charge in [0.1, 0.15) is 0 Å². The highest BCUT2D eigenvalue weighted by atomic mass is 16.5. The lowest BCUT2D eigenvalue weighted by atomic mass is 9.97. The first-order valence-corrected chi connectivity index (χ1v) is 5.78. The minimum atomic E-state index is -0.299. The molecule has 0 saturated heterocycles. The predicted octanol–water partition coefficient (Wildman–Crippen LogP) is 0.824. The number of benzene rings is 1. The number of esters is 1. The molecule has 1 aliphatic rings. The quantitative estimate of drug-likeness (QED) is 0.788. The van der Waals surface area contributed by atoms with Gasteiger partial charge in [0, 0.05) is 19.6 Å². The zero-order chi connectivity index (χ0) is 12.3. The van der Waals surface area contributed by atoms with Crippen LogP contribution >= 0.6 is 0 Å². The number of hydrogen-bond donors (Lipinski definition) is 1. The molecule has 0 saturated carbocycles. The lowest BCUT2D eigenvalue weighted by Crippen LogP contribution is -2.32. The van der Waals surface area contributed by atoms with Crippen LogP contribution in [0.5, 0.6) is 0 Å². The molecular formula is C13H17NO3. The number of carbonyl (C=O) groups excluding carboxylic acids is 1. The topological polar surface area (TPSA) is 49.8 Å². The molecule has 0 amide bonds. The maximum Gasteiger partial charge on any atom is 0.337 e. The van der Waals surface area contributed by atoms with Crippen LogP contribution in [0.25, 0.3) is 0 Å². The fourth-order valence-corrected chi connectivity index (χ4v) is 2.19. The van der Waals surface area contributed by atoms with Crippen molar-refractivity contribution in [1.82, 2.24) is 4.90 Å². The van der Waals surface area contributed by atoms with Crippen molar-refractivity contribution in [2.45, 2.75) is 13.0 Å². The molecule has 1 aromatic rings. The van der Waals surface area contributed by atoms with Crippen LogP contribution in [-0.2, 0) is 17.7 Å². The molecule has 0 aliphatic carbocycles. The molecule has 4 nitrogen and oxygen atoms in total. The number of carbonyl (C=O) groups is 1. The Morgan fingerprint density at radius 2 is 2.29 bits per heavy atom. The standard InChI is InChI=1S/C13H17NO3/c1-17-13(16)11-3-2-10-4-5-14(6-7-15)9-12(10)8-11/h2-3,8,15H,4-7,9H2,1H3. The van der Waals surface area contributed by atoms with Crippen LogP contribution in [0.3, 0.4) is 0 Å². The number of rotatable bonds is 3. The summed E-state index contributed by atoms with van der Waals surface area (Å²) in [5.41, 5.74) is 3.04. The van der Waals surface area contributed by atoms with Crippen molar-refractivity contribution in [3.05, 3.63) is 34.9 Å². The molecule has 0 fully saturated rings. The van der Waals surface area contributed by atoms with Crippen molar-refractivity contribution in [2.24, 2.45) is 0 Å². The Morgan fingerprint density at radius 1 is 1.47 bits per heavy atom. The number of β-amino-alcohol motifs (C(OH)–C–C–N with tert-alkyl or cyclic N) is 1. The van der Waals surface area contributed by atoms with Crippen molar-refractivity contribution in [2.75, 3.05) is 26.8 Å². The molecule has 1 heterocycles. The minimum Gasteiger partial charge on any atom is -0.465 e. The third-order valence-electron chi connectivity index (χ3n) is 3.13. The Kier molecular flexibility index (Phi) is 3.76. The highest BCUT2D eigenvalue weighted by Gasteiger charge is 2.17. The lowest BCUT2D eigenvalue weighted by Gasteiger charge is -2.28. The Bertz CT molecular complexity index is 417. The van der Waals surface area contributed by atoms with Crippen LogP contribution in [-0.4, -0.2) is 42.8 Å². The summed E-state index contributed by atoms with van der Waals surface area (Å²) < 4.78 is 4.71. The molecule has 0 atom stereocenters. The van der Waals surface area contributed by atoms with E-state index in [4.69, 9.17) is 9.84 Å². The second-order valence-electron chi connectivity index (χ2n) is 4.22. The summed E-state index contributed by atoms with van der Waals surface area (Å²) in [4.78, 5) is 13.6. The average molecular weight is 235 g/mol. The van der Waals surface area contributed by atoms with Crippen molar-refractivity contribution in [3.8, 4) is 0 Å². The van der Waals surface area contributed by atoms with Crippen LogP contribution < -0.4 is 0 Å². The highest BCUT2D eigenvalue weighted by molar-refractivity contribution is 5.89. The Labute approximate surface area is 101 Å². The van der Waals surface area contributed by atoms with E-state index in [-0.39, 0.29) is 12.6 Å². The van der Waals surface area contributed by atoms with Gasteiger partial charge in [-0.25, -0.2) is 4.79 Å². The van der Waals surface area contributed by atoms with Crippen LogP contribution in [0.15, 0.2) is 18.2 Å². The highest BCUT2D eigenvalue weighted by Crippen LogP contribution is 2.20. The maximum atomic E-state index is 11.4. The third kappa shape index (κ3) is 2.65. The molecule has 0 unspecified atom stereocenters. The van der Waals surface area contributed by atoms with Crippen molar-refractivity contribution in [3.63, 3.8) is 0 Å². The van der Waals surface area contributed by atoms with E-state index in [9.17, 15) is 4.79 Å². The molecule has 0 bridgehead atoms. The summed E-state index contributed by atoms with van der Waals surface area (Å²) in [6.07, 6.45) is 0.969. The molecule has 17 heavy (non-hydrogen) atoms. The molecule has 4 heteroatoms. The van der Waals surface area contributed by atoms with Crippen LogP contribution in [0, 0.1) is 0 Å². The largest absolute Gasteiger partial charge is 0.465 e. The molecule has 1 aliphatic heterocycles. The molecule has 0 aromatic heterocycles. The van der Waals surface area contributed by atoms with Gasteiger partial charge in [0.2, 0.25) is 0 Å². The average Bonchev–Trinajstić information content (AvgIpc) is 2.37. The summed E-state index contributed by atoms with van der Waals surface area (Å²) in [7, 11) is 1.39. The molecule has 0 radical (unpaired) electrons. The van der Waals surface area contributed by atoms with Crippen molar-refractivity contribution in [1.29, 1.82) is 0 Å². The summed E-state index contributed by atoms with van der Waals surface area (Å²) in [6.45, 7) is 2.61. The Morgan fingerprint density at radius 3 is 3.00 bits per heavy atom. The van der Waals surface area contributed by atoms with E-state index < -0.39 is 0 Å². The Balaban J connectivity index is 2.20. The van der Waals surface area contributed by atoms with Gasteiger partial charge in [-0.3, -0.25) is 4.90 Å². The Hall–Kier alpha value is -1.39. The monoisotopic (exact) mass is 235 g/mol. The second-order valence-corrected chi connectivity index (χ2v) is 4.22. The second kappa shape index (κ2) is 5.29. The van der Waals surface area contributed by atoms with Crippen LogP contribution in [0.1, 0.15) is 21.5 Å². The smallest absolute Gasteiger partial charge is 0.337 e. The van der Waals surface area contributed by atoms with E-state index in [0.717, 1.165) is 25.1 Å². The van der Waals surface area contributed by atoms with Gasteiger partial charge in [-0.2, -0.15) is 0 Å². The molecule has 0 spiro atoms. The minimum absolute atomic E-state index is 0.173. The van der Waals surface area contributed by atoms with Gasteiger partial charge in [-0.1, -0.05) is 6.07 Å². The number of fused-ring (bicyclic) bond motifs is 1. The number of aliphatic hydroxyl groups excluding tert-OH is 1. The summed E-state index contributed by atoms with van der Waals surface area (Å²) in [5.74, 6) is -0.299. The van der Waals surface area contributed by atoms with Gasteiger partial charge in [0.25, 0.3) is 0 Å².